The Balaban J connectivity index is 0.00000288. The summed E-state index contributed by atoms with van der Waals surface area (Å²) in [6, 6.07) is 6.75. The highest BCUT2D eigenvalue weighted by molar-refractivity contribution is 6.37. The van der Waals surface area contributed by atoms with Crippen molar-refractivity contribution in [3.05, 3.63) is 45.8 Å². The standard InChI is InChI=1S/C15H17Cl2N3O3.ClH/c1-9(18-2)7-19-15(21)13-6-10(23-20-13)8-22-14-11(16)4-3-5-12(14)17;/h3-6,9,18H,7-8H2,1-2H3,(H,19,21);1H. The number of carbonyl (C=O) groups excluding carboxylic acids is 1. The fourth-order valence-electron chi connectivity index (χ4n) is 1.69. The molecule has 9 heteroatoms. The van der Waals surface area contributed by atoms with Crippen LogP contribution in [0, 0.1) is 0 Å². The molecule has 0 fully saturated rings. The minimum absolute atomic E-state index is 0. The van der Waals surface area contributed by atoms with Crippen LogP contribution in [-0.2, 0) is 6.61 Å². The topological polar surface area (TPSA) is 76.4 Å². The summed E-state index contributed by atoms with van der Waals surface area (Å²) in [6.07, 6.45) is 0. The lowest BCUT2D eigenvalue weighted by Gasteiger charge is -2.09. The number of aromatic nitrogens is 1. The Morgan fingerprint density at radius 1 is 1.38 bits per heavy atom. The fraction of sp³-hybridized carbons (Fsp3) is 0.333. The first-order valence-corrected chi connectivity index (χ1v) is 7.74. The van der Waals surface area contributed by atoms with Crippen molar-refractivity contribution in [3.8, 4) is 5.75 Å². The van der Waals surface area contributed by atoms with Crippen LogP contribution < -0.4 is 15.4 Å². The summed E-state index contributed by atoms with van der Waals surface area (Å²) in [4.78, 5) is 11.9. The zero-order valence-corrected chi connectivity index (χ0v) is 15.5. The third kappa shape index (κ3) is 5.56. The lowest BCUT2D eigenvalue weighted by Crippen LogP contribution is -2.37. The van der Waals surface area contributed by atoms with E-state index in [0.29, 0.717) is 28.1 Å². The molecule has 0 radical (unpaired) electrons. The van der Waals surface area contributed by atoms with Gasteiger partial charge in [-0.25, -0.2) is 0 Å². The summed E-state index contributed by atoms with van der Waals surface area (Å²) in [5, 5.41) is 10.3. The number of nitrogens with one attached hydrogen (secondary N) is 2. The van der Waals surface area contributed by atoms with Crippen LogP contribution in [0.4, 0.5) is 0 Å². The van der Waals surface area contributed by atoms with Crippen LogP contribution in [0.2, 0.25) is 10.0 Å². The number of carbonyl (C=O) groups is 1. The lowest BCUT2D eigenvalue weighted by molar-refractivity contribution is 0.0941. The van der Waals surface area contributed by atoms with Crippen LogP contribution >= 0.6 is 35.6 Å². The number of amides is 1. The number of para-hydroxylation sites is 1. The summed E-state index contributed by atoms with van der Waals surface area (Å²) in [6.45, 7) is 2.51. The van der Waals surface area contributed by atoms with E-state index >= 15 is 0 Å². The van der Waals surface area contributed by atoms with E-state index in [2.05, 4.69) is 15.8 Å². The maximum Gasteiger partial charge on any atom is 0.273 e. The van der Waals surface area contributed by atoms with Crippen LogP contribution in [0.15, 0.2) is 28.8 Å². The Bertz CT molecular complexity index is 659. The molecular formula is C15H18Cl3N3O3. The zero-order valence-electron chi connectivity index (χ0n) is 13.1. The first-order chi connectivity index (χ1) is 11.0. The highest BCUT2D eigenvalue weighted by atomic mass is 35.5. The summed E-state index contributed by atoms with van der Waals surface area (Å²) in [7, 11) is 1.82. The summed E-state index contributed by atoms with van der Waals surface area (Å²) in [5.74, 6) is 0.451. The Labute approximate surface area is 156 Å². The Morgan fingerprint density at radius 3 is 2.67 bits per heavy atom. The molecule has 1 aromatic carbocycles. The first-order valence-electron chi connectivity index (χ1n) is 6.99. The van der Waals surface area contributed by atoms with Gasteiger partial charge in [0.1, 0.15) is 6.61 Å². The van der Waals surface area contributed by atoms with E-state index in [1.54, 1.807) is 18.2 Å². The molecule has 0 bridgehead atoms. The third-order valence-corrected chi connectivity index (χ3v) is 3.73. The van der Waals surface area contributed by atoms with Gasteiger partial charge in [0, 0.05) is 18.7 Å². The monoisotopic (exact) mass is 393 g/mol. The highest BCUT2D eigenvalue weighted by Crippen LogP contribution is 2.32. The smallest absolute Gasteiger partial charge is 0.273 e. The van der Waals surface area contributed by atoms with E-state index in [4.69, 9.17) is 32.5 Å². The molecular weight excluding hydrogens is 377 g/mol. The maximum absolute atomic E-state index is 11.9. The molecule has 0 aliphatic rings. The van der Waals surface area contributed by atoms with Gasteiger partial charge in [0.15, 0.2) is 17.2 Å². The second-order valence-electron chi connectivity index (χ2n) is 4.92. The molecule has 0 saturated carbocycles. The summed E-state index contributed by atoms with van der Waals surface area (Å²) >= 11 is 12.0. The second kappa shape index (κ2) is 9.74. The Morgan fingerprint density at radius 2 is 2.04 bits per heavy atom. The molecule has 2 aromatic rings. The molecule has 2 N–H and O–H groups in total. The number of halogens is 3. The first kappa shape index (κ1) is 20.6. The molecule has 6 nitrogen and oxygen atoms in total. The van der Waals surface area contributed by atoms with Crippen LogP contribution in [0.5, 0.6) is 5.75 Å². The molecule has 1 aromatic heterocycles. The summed E-state index contributed by atoms with van der Waals surface area (Å²) in [5.41, 5.74) is 0.192. The van der Waals surface area contributed by atoms with Crippen molar-refractivity contribution in [3.63, 3.8) is 0 Å². The number of likely N-dealkylation sites (N-methyl/N-ethyl adjacent to an activating group) is 1. The maximum atomic E-state index is 11.9. The number of hydrogen-bond acceptors (Lipinski definition) is 5. The number of benzene rings is 1. The van der Waals surface area contributed by atoms with Gasteiger partial charge < -0.3 is 19.9 Å². The van der Waals surface area contributed by atoms with E-state index in [1.807, 2.05) is 14.0 Å². The molecule has 24 heavy (non-hydrogen) atoms. The Kier molecular flexibility index (Phi) is 8.35. The van der Waals surface area contributed by atoms with E-state index < -0.39 is 0 Å². The zero-order chi connectivity index (χ0) is 16.8. The van der Waals surface area contributed by atoms with Crippen molar-refractivity contribution in [1.29, 1.82) is 0 Å². The predicted molar refractivity (Wildman–Crippen MR) is 95.4 cm³/mol. The third-order valence-electron chi connectivity index (χ3n) is 3.13. The van der Waals surface area contributed by atoms with Gasteiger partial charge in [0.25, 0.3) is 5.91 Å². The number of hydrogen-bond donors (Lipinski definition) is 2. The second-order valence-corrected chi connectivity index (χ2v) is 5.73. The van der Waals surface area contributed by atoms with Gasteiger partial charge in [0.05, 0.1) is 10.0 Å². The van der Waals surface area contributed by atoms with Crippen molar-refractivity contribution in [2.24, 2.45) is 0 Å². The molecule has 0 aliphatic carbocycles. The van der Waals surface area contributed by atoms with Gasteiger partial charge in [-0.05, 0) is 26.1 Å². The SMILES string of the molecule is CNC(C)CNC(=O)c1cc(COc2c(Cl)cccc2Cl)on1.Cl. The predicted octanol–water partition coefficient (Wildman–Crippen LogP) is 3.32. The van der Waals surface area contributed by atoms with E-state index in [1.165, 1.54) is 6.07 Å². The molecule has 0 saturated heterocycles. The minimum Gasteiger partial charge on any atom is -0.482 e. The van der Waals surface area contributed by atoms with Crippen LogP contribution in [0.3, 0.4) is 0 Å². The lowest BCUT2D eigenvalue weighted by atomic mass is 10.3. The fourth-order valence-corrected chi connectivity index (χ4v) is 2.20. The summed E-state index contributed by atoms with van der Waals surface area (Å²) < 4.78 is 10.6. The van der Waals surface area contributed by atoms with E-state index in [0.717, 1.165) is 0 Å². The van der Waals surface area contributed by atoms with Crippen molar-refractivity contribution >= 4 is 41.5 Å². The normalized spacial score (nSPS) is 11.5. The van der Waals surface area contributed by atoms with Gasteiger partial charge in [-0.15, -0.1) is 12.4 Å². The largest absolute Gasteiger partial charge is 0.482 e. The molecule has 1 atom stereocenters. The van der Waals surface area contributed by atoms with Gasteiger partial charge >= 0.3 is 0 Å². The van der Waals surface area contributed by atoms with E-state index in [-0.39, 0.29) is 36.7 Å². The number of rotatable bonds is 7. The quantitative estimate of drug-likeness (QED) is 0.753. The van der Waals surface area contributed by atoms with Crippen molar-refractivity contribution in [2.75, 3.05) is 13.6 Å². The molecule has 0 aliphatic heterocycles. The van der Waals surface area contributed by atoms with Crippen molar-refractivity contribution < 1.29 is 14.1 Å². The average Bonchev–Trinajstić information content (AvgIpc) is 3.00. The molecule has 0 spiro atoms. The highest BCUT2D eigenvalue weighted by Gasteiger charge is 2.14. The van der Waals surface area contributed by atoms with Gasteiger partial charge in [0.2, 0.25) is 0 Å². The van der Waals surface area contributed by atoms with Crippen LogP contribution in [0.25, 0.3) is 0 Å². The number of ether oxygens (including phenoxy) is 1. The molecule has 1 heterocycles. The molecule has 132 valence electrons. The number of nitrogens with zero attached hydrogens (tertiary/aromatic N) is 1. The van der Waals surface area contributed by atoms with Gasteiger partial charge in [-0.3, -0.25) is 4.79 Å². The Hall–Kier alpha value is -1.47. The average molecular weight is 395 g/mol. The van der Waals surface area contributed by atoms with Crippen molar-refractivity contribution in [1.82, 2.24) is 15.8 Å². The minimum atomic E-state index is -0.308. The van der Waals surface area contributed by atoms with Crippen molar-refractivity contribution in [2.45, 2.75) is 19.6 Å². The van der Waals surface area contributed by atoms with Crippen LogP contribution in [0.1, 0.15) is 23.2 Å². The molecule has 2 rings (SSSR count). The van der Waals surface area contributed by atoms with Crippen LogP contribution in [-0.4, -0.2) is 30.7 Å². The molecule has 1 amide bonds. The van der Waals surface area contributed by atoms with E-state index in [9.17, 15) is 4.79 Å². The molecule has 1 unspecified atom stereocenters. The van der Waals surface area contributed by atoms with Gasteiger partial charge in [-0.2, -0.15) is 0 Å². The van der Waals surface area contributed by atoms with Gasteiger partial charge in [-0.1, -0.05) is 34.4 Å².